The first-order valence-corrected chi connectivity index (χ1v) is 20.4. The molecule has 0 saturated heterocycles. The minimum absolute atomic E-state index is 0.0111. The number of aliphatic hydroxyl groups excluding tert-OH is 5. The monoisotopic (exact) mass is 701 g/mol. The van der Waals surface area contributed by atoms with Crippen LogP contribution in [0.4, 0.5) is 0 Å². The molecule has 8 nitrogen and oxygen atoms in total. The van der Waals surface area contributed by atoms with Gasteiger partial charge in [0.1, 0.15) is 18.3 Å². The topological polar surface area (TPSA) is 134 Å². The molecule has 284 valence electrons. The maximum atomic E-state index is 10.8. The van der Waals surface area contributed by atoms with Crippen molar-refractivity contribution in [2.75, 3.05) is 13.2 Å². The number of nitrogens with one attached hydrogen (secondary N) is 2. The zero-order valence-corrected chi connectivity index (χ0v) is 31.7. The summed E-state index contributed by atoms with van der Waals surface area (Å²) in [6, 6.07) is -0.614. The fraction of sp³-hybridized carbons (Fsp3) is 0.923. The molecule has 0 bridgehead atoms. The normalized spacial score (nSPS) is 21.5. The third-order valence-corrected chi connectivity index (χ3v) is 10.1. The van der Waals surface area contributed by atoms with E-state index in [1.54, 1.807) is 6.08 Å². The van der Waals surface area contributed by atoms with E-state index in [0.717, 1.165) is 19.4 Å². The summed E-state index contributed by atoms with van der Waals surface area (Å²) in [7, 11) is 0. The van der Waals surface area contributed by atoms with Crippen LogP contribution in [0.3, 0.4) is 0 Å². The van der Waals surface area contributed by atoms with Crippen molar-refractivity contribution in [2.24, 2.45) is 0 Å². The molecule has 7 N–H and O–H groups in total. The molecule has 1 rings (SSSR count). The standard InChI is InChI=1S/C39H76N2O6S/c1-3-5-6-7-8-9-10-11-12-13-14-15-16-17-18-19-20-21-22-23-24-25-29-40-39(48)41-33(35(44)30-32(42)4-2)31-47-36-28-26-27-34(43)37(45)38(36)46/h26-27,32-38,42-46H,3-25,28-31H2,1-2H3,(H2,40,41,48). The molecule has 0 aromatic carbocycles. The number of aliphatic hydroxyl groups is 5. The van der Waals surface area contributed by atoms with Crippen molar-refractivity contribution in [3.05, 3.63) is 12.2 Å². The fourth-order valence-electron chi connectivity index (χ4n) is 6.43. The van der Waals surface area contributed by atoms with Crippen molar-refractivity contribution in [1.82, 2.24) is 10.6 Å². The molecule has 1 aliphatic carbocycles. The zero-order chi connectivity index (χ0) is 35.2. The fourth-order valence-corrected chi connectivity index (χ4v) is 6.69. The second kappa shape index (κ2) is 31.0. The number of rotatable bonds is 31. The van der Waals surface area contributed by atoms with Crippen LogP contribution in [-0.2, 0) is 4.74 Å². The molecule has 0 spiro atoms. The van der Waals surface area contributed by atoms with Crippen molar-refractivity contribution in [3.8, 4) is 0 Å². The van der Waals surface area contributed by atoms with Crippen LogP contribution < -0.4 is 10.6 Å². The van der Waals surface area contributed by atoms with Crippen LogP contribution >= 0.6 is 12.2 Å². The van der Waals surface area contributed by atoms with Crippen LogP contribution in [-0.4, -0.2) is 86.5 Å². The Kier molecular flexibility index (Phi) is 29.2. The number of ether oxygens (including phenoxy) is 1. The van der Waals surface area contributed by atoms with Crippen LogP contribution in [0.1, 0.15) is 174 Å². The Bertz CT molecular complexity index is 775. The van der Waals surface area contributed by atoms with Gasteiger partial charge in [0, 0.05) is 13.0 Å². The Morgan fingerprint density at radius 3 is 1.62 bits per heavy atom. The van der Waals surface area contributed by atoms with Gasteiger partial charge in [0.2, 0.25) is 0 Å². The Morgan fingerprint density at radius 2 is 1.17 bits per heavy atom. The van der Waals surface area contributed by atoms with Crippen LogP contribution in [0.5, 0.6) is 0 Å². The van der Waals surface area contributed by atoms with Gasteiger partial charge in [-0.2, -0.15) is 0 Å². The summed E-state index contributed by atoms with van der Waals surface area (Å²) in [6.07, 6.45) is 28.0. The molecule has 0 aliphatic heterocycles. The third kappa shape index (κ3) is 23.6. The van der Waals surface area contributed by atoms with Crippen molar-refractivity contribution in [3.63, 3.8) is 0 Å². The van der Waals surface area contributed by atoms with Crippen molar-refractivity contribution in [2.45, 2.75) is 217 Å². The molecule has 0 aromatic heterocycles. The van der Waals surface area contributed by atoms with E-state index in [1.807, 2.05) is 6.92 Å². The first kappa shape index (κ1) is 45.2. The summed E-state index contributed by atoms with van der Waals surface area (Å²) >= 11 is 5.49. The number of hydrogen-bond acceptors (Lipinski definition) is 7. The first-order chi connectivity index (χ1) is 23.3. The average Bonchev–Trinajstić information content (AvgIpc) is 3.19. The highest BCUT2D eigenvalue weighted by atomic mass is 32.1. The Morgan fingerprint density at radius 1 is 0.708 bits per heavy atom. The molecule has 9 heteroatoms. The molecule has 7 atom stereocenters. The maximum absolute atomic E-state index is 10.8. The van der Waals surface area contributed by atoms with E-state index in [0.29, 0.717) is 18.0 Å². The van der Waals surface area contributed by atoms with E-state index >= 15 is 0 Å². The van der Waals surface area contributed by atoms with Gasteiger partial charge >= 0.3 is 0 Å². The Hall–Kier alpha value is -0.810. The third-order valence-electron chi connectivity index (χ3n) is 9.85. The van der Waals surface area contributed by atoms with Crippen molar-refractivity contribution >= 4 is 17.3 Å². The molecule has 0 amide bonds. The molecular formula is C39H76N2O6S. The molecule has 1 aliphatic rings. The van der Waals surface area contributed by atoms with Gasteiger partial charge in [-0.1, -0.05) is 161 Å². The molecular weight excluding hydrogens is 625 g/mol. The van der Waals surface area contributed by atoms with Crippen LogP contribution in [0.15, 0.2) is 12.2 Å². The molecule has 0 saturated carbocycles. The number of thiocarbonyl (C=S) groups is 1. The molecule has 0 heterocycles. The Labute approximate surface area is 299 Å². The van der Waals surface area contributed by atoms with Crippen molar-refractivity contribution in [1.29, 1.82) is 0 Å². The number of hydrogen-bond donors (Lipinski definition) is 7. The number of unbranched alkanes of at least 4 members (excludes halogenated alkanes) is 21. The summed E-state index contributed by atoms with van der Waals surface area (Å²) in [5, 5.41) is 58.0. The highest BCUT2D eigenvalue weighted by Gasteiger charge is 2.34. The van der Waals surface area contributed by atoms with Gasteiger partial charge in [-0.15, -0.1) is 0 Å². The van der Waals surface area contributed by atoms with Gasteiger partial charge in [0.05, 0.1) is 31.0 Å². The molecule has 0 radical (unpaired) electrons. The lowest BCUT2D eigenvalue weighted by atomic mass is 10.0. The molecule has 0 fully saturated rings. The predicted octanol–water partition coefficient (Wildman–Crippen LogP) is 7.37. The van der Waals surface area contributed by atoms with Crippen LogP contribution in [0.25, 0.3) is 0 Å². The van der Waals surface area contributed by atoms with Gasteiger partial charge in [-0.3, -0.25) is 0 Å². The van der Waals surface area contributed by atoms with Crippen LogP contribution in [0.2, 0.25) is 0 Å². The SMILES string of the molecule is CCCCCCCCCCCCCCCCCCCCCCCCNC(=S)NC(COC1CC=CC(O)C(O)C1O)C(O)CC(O)CC. The van der Waals surface area contributed by atoms with Gasteiger partial charge in [-0.05, 0) is 31.5 Å². The first-order valence-electron chi connectivity index (χ1n) is 20.0. The summed E-state index contributed by atoms with van der Waals surface area (Å²) < 4.78 is 5.88. The van der Waals surface area contributed by atoms with Gasteiger partial charge in [-0.25, -0.2) is 0 Å². The summed E-state index contributed by atoms with van der Waals surface area (Å²) in [5.41, 5.74) is 0. The molecule has 0 aromatic rings. The van der Waals surface area contributed by atoms with Gasteiger partial charge < -0.3 is 40.9 Å². The summed E-state index contributed by atoms with van der Waals surface area (Å²) in [4.78, 5) is 0. The van der Waals surface area contributed by atoms with E-state index in [-0.39, 0.29) is 13.0 Å². The lowest BCUT2D eigenvalue weighted by molar-refractivity contribution is -0.116. The van der Waals surface area contributed by atoms with E-state index in [4.69, 9.17) is 17.0 Å². The largest absolute Gasteiger partial charge is 0.393 e. The highest BCUT2D eigenvalue weighted by Crippen LogP contribution is 2.19. The van der Waals surface area contributed by atoms with E-state index in [9.17, 15) is 25.5 Å². The van der Waals surface area contributed by atoms with Crippen LogP contribution in [0, 0.1) is 0 Å². The van der Waals surface area contributed by atoms with Crippen molar-refractivity contribution < 1.29 is 30.3 Å². The maximum Gasteiger partial charge on any atom is 0.166 e. The van der Waals surface area contributed by atoms with Gasteiger partial charge in [0.15, 0.2) is 5.11 Å². The average molecular weight is 701 g/mol. The van der Waals surface area contributed by atoms with E-state index < -0.39 is 42.7 Å². The lowest BCUT2D eigenvalue weighted by Crippen LogP contribution is -2.52. The van der Waals surface area contributed by atoms with E-state index in [2.05, 4.69) is 17.6 Å². The second-order valence-electron chi connectivity index (χ2n) is 14.3. The van der Waals surface area contributed by atoms with E-state index in [1.165, 1.54) is 134 Å². The quantitative estimate of drug-likeness (QED) is 0.0225. The van der Waals surface area contributed by atoms with Gasteiger partial charge in [0.25, 0.3) is 0 Å². The smallest absolute Gasteiger partial charge is 0.166 e. The second-order valence-corrected chi connectivity index (χ2v) is 14.7. The summed E-state index contributed by atoms with van der Waals surface area (Å²) in [6.45, 7) is 4.89. The minimum Gasteiger partial charge on any atom is -0.393 e. The summed E-state index contributed by atoms with van der Waals surface area (Å²) in [5.74, 6) is 0. The lowest BCUT2D eigenvalue weighted by Gasteiger charge is -2.31. The molecule has 48 heavy (non-hydrogen) atoms. The Balaban J connectivity index is 2.06. The molecule has 7 unspecified atom stereocenters. The predicted molar refractivity (Wildman–Crippen MR) is 203 cm³/mol. The zero-order valence-electron chi connectivity index (χ0n) is 30.8. The highest BCUT2D eigenvalue weighted by molar-refractivity contribution is 7.80. The minimum atomic E-state index is -1.35.